The molecule has 1 amide bonds. The van der Waals surface area contributed by atoms with E-state index in [1.807, 2.05) is 34.9 Å². The summed E-state index contributed by atoms with van der Waals surface area (Å²) < 4.78 is 21.8. The summed E-state index contributed by atoms with van der Waals surface area (Å²) in [5.74, 6) is 0.590. The monoisotopic (exact) mass is 602 g/mol. The summed E-state index contributed by atoms with van der Waals surface area (Å²) in [7, 11) is 0. The van der Waals surface area contributed by atoms with E-state index in [-0.39, 0.29) is 16.0 Å². The third kappa shape index (κ3) is 5.16. The number of hydrogen-bond acceptors (Lipinski definition) is 7. The maximum atomic E-state index is 14.2. The van der Waals surface area contributed by atoms with Crippen LogP contribution in [-0.2, 0) is 0 Å². The fourth-order valence-corrected chi connectivity index (χ4v) is 6.70. The molecule has 1 aromatic carbocycles. The smallest absolute Gasteiger partial charge is 0.270 e. The first-order valence-corrected chi connectivity index (χ1v) is 15.0. The molecule has 0 atom stereocenters. The number of aromatic amines is 1. The Hall–Kier alpha value is -4.22. The molecule has 5 aromatic rings. The number of benzene rings is 1. The maximum Gasteiger partial charge on any atom is 0.270 e. The second-order valence-corrected chi connectivity index (χ2v) is 11.8. The zero-order valence-corrected chi connectivity index (χ0v) is 24.6. The van der Waals surface area contributed by atoms with E-state index < -0.39 is 11.7 Å². The highest BCUT2D eigenvalue weighted by molar-refractivity contribution is 6.33. The van der Waals surface area contributed by atoms with Gasteiger partial charge in [0.1, 0.15) is 17.4 Å². The van der Waals surface area contributed by atoms with Crippen LogP contribution in [0.1, 0.15) is 43.0 Å². The topological polar surface area (TPSA) is 104 Å². The third-order valence-corrected chi connectivity index (χ3v) is 9.21. The van der Waals surface area contributed by atoms with Gasteiger partial charge >= 0.3 is 0 Å². The molecule has 2 fully saturated rings. The SMILES string of the molecule is CCOc1cc(-c2ccc(N3CCC4(CCN(NC(=O)c5c(F)cccc5Cl)CC4)CC3)nc2)c2c3cn[nH]c3nn2c1. The van der Waals surface area contributed by atoms with Gasteiger partial charge in [-0.15, -0.1) is 5.10 Å². The summed E-state index contributed by atoms with van der Waals surface area (Å²) >= 11 is 6.07. The molecule has 7 rings (SSSR count). The van der Waals surface area contributed by atoms with Crippen molar-refractivity contribution in [3.8, 4) is 16.9 Å². The lowest BCUT2D eigenvalue weighted by Crippen LogP contribution is -2.52. The van der Waals surface area contributed by atoms with Crippen molar-refractivity contribution in [3.63, 3.8) is 0 Å². The number of hydrogen-bond donors (Lipinski definition) is 2. The number of piperidine rings is 2. The Balaban J connectivity index is 1.00. The van der Waals surface area contributed by atoms with Gasteiger partial charge in [-0.3, -0.25) is 15.3 Å². The Morgan fingerprint density at radius 1 is 1.12 bits per heavy atom. The van der Waals surface area contributed by atoms with Crippen molar-refractivity contribution >= 4 is 39.9 Å². The molecule has 12 heteroatoms. The highest BCUT2D eigenvalue weighted by Crippen LogP contribution is 2.42. The Morgan fingerprint density at radius 2 is 1.91 bits per heavy atom. The third-order valence-electron chi connectivity index (χ3n) is 8.89. The Morgan fingerprint density at radius 3 is 2.63 bits per heavy atom. The van der Waals surface area contributed by atoms with E-state index in [1.165, 1.54) is 18.2 Å². The van der Waals surface area contributed by atoms with E-state index in [1.54, 1.807) is 6.20 Å². The van der Waals surface area contributed by atoms with Gasteiger partial charge in [-0.25, -0.2) is 18.9 Å². The largest absolute Gasteiger partial charge is 0.492 e. The van der Waals surface area contributed by atoms with E-state index >= 15 is 0 Å². The lowest BCUT2D eigenvalue weighted by atomic mass is 9.71. The van der Waals surface area contributed by atoms with Crippen molar-refractivity contribution in [1.82, 2.24) is 35.2 Å². The lowest BCUT2D eigenvalue weighted by Gasteiger charge is -2.47. The van der Waals surface area contributed by atoms with Crippen molar-refractivity contribution in [2.24, 2.45) is 5.41 Å². The summed E-state index contributed by atoms with van der Waals surface area (Å²) in [4.78, 5) is 19.9. The Labute approximate surface area is 252 Å². The number of fused-ring (bicyclic) bond motifs is 3. The summed E-state index contributed by atoms with van der Waals surface area (Å²) in [6.07, 6.45) is 9.66. The van der Waals surface area contributed by atoms with Gasteiger partial charge in [0.25, 0.3) is 5.91 Å². The second kappa shape index (κ2) is 11.1. The number of aromatic nitrogens is 5. The number of nitrogens with one attached hydrogen (secondary N) is 2. The molecule has 0 radical (unpaired) electrons. The van der Waals surface area contributed by atoms with E-state index in [0.29, 0.717) is 6.61 Å². The van der Waals surface area contributed by atoms with E-state index in [4.69, 9.17) is 21.3 Å². The predicted molar refractivity (Wildman–Crippen MR) is 163 cm³/mol. The number of rotatable bonds is 6. The minimum absolute atomic E-state index is 0.109. The van der Waals surface area contributed by atoms with Crippen LogP contribution in [0.4, 0.5) is 10.2 Å². The van der Waals surface area contributed by atoms with Gasteiger partial charge in [0.2, 0.25) is 0 Å². The van der Waals surface area contributed by atoms with Crippen LogP contribution in [0.15, 0.2) is 55.0 Å². The highest BCUT2D eigenvalue weighted by atomic mass is 35.5. The lowest BCUT2D eigenvalue weighted by molar-refractivity contribution is 0.0413. The van der Waals surface area contributed by atoms with Crippen LogP contribution in [0.5, 0.6) is 5.75 Å². The molecule has 0 bridgehead atoms. The van der Waals surface area contributed by atoms with Crippen LogP contribution in [0.25, 0.3) is 27.7 Å². The number of anilines is 1. The zero-order chi connectivity index (χ0) is 29.6. The number of ether oxygens (including phenoxy) is 1. The van der Waals surface area contributed by atoms with E-state index in [2.05, 4.69) is 37.8 Å². The van der Waals surface area contributed by atoms with Crippen LogP contribution in [-0.4, -0.2) is 68.5 Å². The molecule has 0 saturated carbocycles. The molecule has 43 heavy (non-hydrogen) atoms. The first-order chi connectivity index (χ1) is 20.9. The first-order valence-electron chi connectivity index (χ1n) is 14.6. The summed E-state index contributed by atoms with van der Waals surface area (Å²) in [6, 6.07) is 10.5. The number of halogens is 2. The molecule has 4 aromatic heterocycles. The maximum absolute atomic E-state index is 14.2. The average molecular weight is 603 g/mol. The molecule has 222 valence electrons. The molecule has 2 aliphatic heterocycles. The van der Waals surface area contributed by atoms with Crippen molar-refractivity contribution in [2.45, 2.75) is 32.6 Å². The van der Waals surface area contributed by atoms with Gasteiger partial charge in [0.05, 0.1) is 40.5 Å². The molecular weight excluding hydrogens is 571 g/mol. The van der Waals surface area contributed by atoms with Gasteiger partial charge in [-0.1, -0.05) is 17.7 Å². The first kappa shape index (κ1) is 27.6. The molecule has 2 N–H and O–H groups in total. The summed E-state index contributed by atoms with van der Waals surface area (Å²) in [5, 5.41) is 14.7. The molecule has 10 nitrogen and oxygen atoms in total. The number of H-pyrrole nitrogens is 1. The van der Waals surface area contributed by atoms with Crippen molar-refractivity contribution < 1.29 is 13.9 Å². The molecule has 2 saturated heterocycles. The number of pyridine rings is 2. The quantitative estimate of drug-likeness (QED) is 0.265. The number of amides is 1. The van der Waals surface area contributed by atoms with Crippen LogP contribution < -0.4 is 15.1 Å². The number of carbonyl (C=O) groups excluding carboxylic acids is 1. The second-order valence-electron chi connectivity index (χ2n) is 11.4. The van der Waals surface area contributed by atoms with Crippen molar-refractivity contribution in [2.75, 3.05) is 37.7 Å². The molecule has 2 aliphatic rings. The molecule has 0 unspecified atom stereocenters. The van der Waals surface area contributed by atoms with Gasteiger partial charge in [-0.2, -0.15) is 5.10 Å². The van der Waals surface area contributed by atoms with Gasteiger partial charge in [-0.05, 0) is 68.4 Å². The number of carbonyl (C=O) groups is 1. The highest BCUT2D eigenvalue weighted by Gasteiger charge is 2.38. The Kier molecular flexibility index (Phi) is 7.14. The summed E-state index contributed by atoms with van der Waals surface area (Å²) in [5.41, 5.74) is 6.63. The molecular formula is C31H32ClFN8O2. The van der Waals surface area contributed by atoms with Crippen LogP contribution in [0.2, 0.25) is 5.02 Å². The van der Waals surface area contributed by atoms with Crippen LogP contribution in [0.3, 0.4) is 0 Å². The average Bonchev–Trinajstić information content (AvgIpc) is 3.60. The van der Waals surface area contributed by atoms with Crippen LogP contribution >= 0.6 is 11.6 Å². The van der Waals surface area contributed by atoms with E-state index in [9.17, 15) is 9.18 Å². The minimum atomic E-state index is -0.614. The number of hydrazine groups is 1. The normalized spacial score (nSPS) is 17.1. The molecule has 0 aliphatic carbocycles. The van der Waals surface area contributed by atoms with E-state index in [0.717, 1.165) is 91.1 Å². The zero-order valence-electron chi connectivity index (χ0n) is 23.8. The van der Waals surface area contributed by atoms with Crippen molar-refractivity contribution in [3.05, 3.63) is 71.4 Å². The molecule has 6 heterocycles. The Bertz CT molecular complexity index is 1770. The fourth-order valence-electron chi connectivity index (χ4n) is 6.46. The van der Waals surface area contributed by atoms with Gasteiger partial charge in [0.15, 0.2) is 5.65 Å². The standard InChI is InChI=1S/C31H32ClFN8O2/c1-2-43-21-16-22(28-23-18-35-36-29(23)37-41(28)19-21)20-6-7-26(34-17-20)39-12-8-31(9-13-39)10-14-40(15-11-31)38-30(42)27-24(32)4-3-5-25(27)33/h3-7,16-19H,2,8-15H2,1H3,(H,36,37)(H,38,42). The fraction of sp³-hybridized carbons (Fsp3) is 0.355. The van der Waals surface area contributed by atoms with Gasteiger partial charge < -0.3 is 9.64 Å². The van der Waals surface area contributed by atoms with Crippen LogP contribution in [0, 0.1) is 11.2 Å². The number of nitrogens with zero attached hydrogens (tertiary/aromatic N) is 6. The minimum Gasteiger partial charge on any atom is -0.492 e. The summed E-state index contributed by atoms with van der Waals surface area (Å²) in [6.45, 7) is 5.81. The van der Waals surface area contributed by atoms with Gasteiger partial charge in [0, 0.05) is 43.5 Å². The van der Waals surface area contributed by atoms with Crippen molar-refractivity contribution in [1.29, 1.82) is 0 Å². The molecule has 1 spiro atoms. The predicted octanol–water partition coefficient (Wildman–Crippen LogP) is 5.49.